The summed E-state index contributed by atoms with van der Waals surface area (Å²) in [5, 5.41) is 3.81. The van der Waals surface area contributed by atoms with Crippen molar-refractivity contribution in [2.45, 2.75) is 0 Å². The zero-order chi connectivity index (χ0) is 13.4. The van der Waals surface area contributed by atoms with Crippen molar-refractivity contribution in [1.82, 2.24) is 8.75 Å². The Kier molecular flexibility index (Phi) is 3.30. The molecular weight excluding hydrogens is 348 g/mol. The quantitative estimate of drug-likeness (QED) is 0.667. The second-order valence-corrected chi connectivity index (χ2v) is 5.76. The van der Waals surface area contributed by atoms with Crippen molar-refractivity contribution >= 4 is 67.4 Å². The van der Waals surface area contributed by atoms with E-state index in [-0.39, 0.29) is 0 Å². The normalized spacial score (nSPS) is 10.8. The Balaban J connectivity index is 2.12. The van der Waals surface area contributed by atoms with Crippen LogP contribution < -0.4 is 11.1 Å². The zero-order valence-corrected chi connectivity index (χ0v) is 12.7. The molecule has 0 spiro atoms. The number of nitrogens with zero attached hydrogens (tertiary/aromatic N) is 2. The summed E-state index contributed by atoms with van der Waals surface area (Å²) in [6, 6.07) is 9.23. The van der Waals surface area contributed by atoms with Crippen LogP contribution in [-0.2, 0) is 0 Å². The fourth-order valence-corrected chi connectivity index (χ4v) is 2.82. The lowest BCUT2D eigenvalue weighted by molar-refractivity contribution is 1.53. The molecule has 19 heavy (non-hydrogen) atoms. The highest BCUT2D eigenvalue weighted by atomic mass is 79.9. The highest BCUT2D eigenvalue weighted by Crippen LogP contribution is 2.34. The number of nitrogen functional groups attached to an aromatic ring is 1. The summed E-state index contributed by atoms with van der Waals surface area (Å²) in [6.45, 7) is 0. The molecular formula is C12H8BrClN4S. The van der Waals surface area contributed by atoms with Crippen LogP contribution in [0.1, 0.15) is 0 Å². The lowest BCUT2D eigenvalue weighted by Gasteiger charge is -2.11. The Morgan fingerprint density at radius 1 is 1.21 bits per heavy atom. The highest BCUT2D eigenvalue weighted by molar-refractivity contribution is 9.10. The van der Waals surface area contributed by atoms with E-state index in [0.29, 0.717) is 10.7 Å². The van der Waals surface area contributed by atoms with Crippen LogP contribution in [0.25, 0.3) is 11.0 Å². The van der Waals surface area contributed by atoms with Gasteiger partial charge in [0.25, 0.3) is 0 Å². The minimum Gasteiger partial charge on any atom is -0.397 e. The van der Waals surface area contributed by atoms with Gasteiger partial charge in [-0.05, 0) is 30.3 Å². The fourth-order valence-electron chi connectivity index (χ4n) is 1.72. The number of rotatable bonds is 2. The SMILES string of the molecule is Nc1ccc(Br)cc1Nc1c(Cl)ccc2nsnc12. The summed E-state index contributed by atoms with van der Waals surface area (Å²) in [5.41, 5.74) is 9.64. The van der Waals surface area contributed by atoms with Gasteiger partial charge in [-0.25, -0.2) is 0 Å². The number of hydrogen-bond acceptors (Lipinski definition) is 5. The molecule has 0 saturated carbocycles. The molecule has 0 saturated heterocycles. The van der Waals surface area contributed by atoms with Crippen molar-refractivity contribution in [2.24, 2.45) is 0 Å². The molecule has 1 heterocycles. The predicted octanol–water partition coefficient (Wildman–Crippen LogP) is 4.43. The summed E-state index contributed by atoms with van der Waals surface area (Å²) in [6.07, 6.45) is 0. The van der Waals surface area contributed by atoms with Crippen LogP contribution in [0.3, 0.4) is 0 Å². The highest BCUT2D eigenvalue weighted by Gasteiger charge is 2.11. The molecule has 0 aliphatic heterocycles. The Morgan fingerprint density at radius 3 is 2.89 bits per heavy atom. The van der Waals surface area contributed by atoms with Crippen LogP contribution in [0.15, 0.2) is 34.8 Å². The van der Waals surface area contributed by atoms with E-state index in [2.05, 4.69) is 30.0 Å². The average molecular weight is 356 g/mol. The molecule has 3 rings (SSSR count). The summed E-state index contributed by atoms with van der Waals surface area (Å²) >= 11 is 10.8. The van der Waals surface area contributed by atoms with E-state index < -0.39 is 0 Å². The van der Waals surface area contributed by atoms with Crippen molar-refractivity contribution in [1.29, 1.82) is 0 Å². The van der Waals surface area contributed by atoms with E-state index in [1.165, 1.54) is 0 Å². The van der Waals surface area contributed by atoms with Gasteiger partial charge in [0.05, 0.1) is 33.8 Å². The third kappa shape index (κ3) is 2.39. The Labute approximate surface area is 127 Å². The maximum Gasteiger partial charge on any atom is 0.129 e. The number of nitrogens with one attached hydrogen (secondary N) is 1. The second-order valence-electron chi connectivity index (χ2n) is 3.91. The van der Waals surface area contributed by atoms with Crippen LogP contribution in [0.2, 0.25) is 5.02 Å². The van der Waals surface area contributed by atoms with Crippen LogP contribution in [-0.4, -0.2) is 8.75 Å². The molecule has 0 radical (unpaired) electrons. The number of nitrogens with two attached hydrogens (primary N) is 1. The molecule has 0 atom stereocenters. The molecule has 1 aromatic heterocycles. The topological polar surface area (TPSA) is 63.8 Å². The average Bonchev–Trinajstić information content (AvgIpc) is 2.85. The zero-order valence-electron chi connectivity index (χ0n) is 9.52. The molecule has 0 fully saturated rings. The van der Waals surface area contributed by atoms with E-state index in [9.17, 15) is 0 Å². The van der Waals surface area contributed by atoms with Gasteiger partial charge in [0.2, 0.25) is 0 Å². The summed E-state index contributed by atoms with van der Waals surface area (Å²) in [7, 11) is 0. The van der Waals surface area contributed by atoms with Gasteiger partial charge < -0.3 is 11.1 Å². The van der Waals surface area contributed by atoms with Gasteiger partial charge in [0.15, 0.2) is 0 Å². The Hall–Kier alpha value is -1.37. The molecule has 0 unspecified atom stereocenters. The molecule has 2 aromatic carbocycles. The van der Waals surface area contributed by atoms with Gasteiger partial charge in [0.1, 0.15) is 11.0 Å². The van der Waals surface area contributed by atoms with Crippen LogP contribution in [0.4, 0.5) is 17.1 Å². The minimum absolute atomic E-state index is 0.583. The lowest BCUT2D eigenvalue weighted by atomic mass is 10.2. The largest absolute Gasteiger partial charge is 0.397 e. The van der Waals surface area contributed by atoms with Crippen molar-refractivity contribution in [2.75, 3.05) is 11.1 Å². The van der Waals surface area contributed by atoms with Gasteiger partial charge in [-0.2, -0.15) is 8.75 Å². The first-order chi connectivity index (χ1) is 9.15. The third-order valence-electron chi connectivity index (χ3n) is 2.65. The monoisotopic (exact) mass is 354 g/mol. The molecule has 96 valence electrons. The minimum atomic E-state index is 0.583. The van der Waals surface area contributed by atoms with Gasteiger partial charge in [-0.3, -0.25) is 0 Å². The molecule has 0 aliphatic carbocycles. The lowest BCUT2D eigenvalue weighted by Crippen LogP contribution is -1.97. The predicted molar refractivity (Wildman–Crippen MR) is 84.3 cm³/mol. The van der Waals surface area contributed by atoms with Crippen molar-refractivity contribution in [3.63, 3.8) is 0 Å². The van der Waals surface area contributed by atoms with Gasteiger partial charge in [0, 0.05) is 4.47 Å². The molecule has 0 aliphatic rings. The van der Waals surface area contributed by atoms with Crippen molar-refractivity contribution in [3.8, 4) is 0 Å². The fraction of sp³-hybridized carbons (Fsp3) is 0. The number of anilines is 3. The standard InChI is InChI=1S/C12H8BrClN4S/c13-6-1-3-8(15)10(5-6)16-11-7(14)2-4-9-12(11)18-19-17-9/h1-5,16H,15H2. The number of halogens is 2. The summed E-state index contributed by atoms with van der Waals surface area (Å²) in [4.78, 5) is 0. The molecule has 3 N–H and O–H groups in total. The maximum absolute atomic E-state index is 6.22. The van der Waals surface area contributed by atoms with E-state index in [0.717, 1.165) is 38.6 Å². The van der Waals surface area contributed by atoms with E-state index >= 15 is 0 Å². The molecule has 0 bridgehead atoms. The molecule has 7 heteroatoms. The molecule has 3 aromatic rings. The Bertz CT molecular complexity index is 759. The first kappa shape index (κ1) is 12.7. The number of fused-ring (bicyclic) bond motifs is 1. The second kappa shape index (κ2) is 4.96. The third-order valence-corrected chi connectivity index (χ3v) is 4.00. The van der Waals surface area contributed by atoms with Gasteiger partial charge >= 0.3 is 0 Å². The van der Waals surface area contributed by atoms with Crippen molar-refractivity contribution < 1.29 is 0 Å². The van der Waals surface area contributed by atoms with Gasteiger partial charge in [-0.15, -0.1) is 0 Å². The van der Waals surface area contributed by atoms with E-state index in [4.69, 9.17) is 17.3 Å². The van der Waals surface area contributed by atoms with Crippen LogP contribution >= 0.6 is 39.3 Å². The number of benzene rings is 2. The number of hydrogen-bond donors (Lipinski definition) is 2. The molecule has 0 amide bonds. The van der Waals surface area contributed by atoms with Crippen LogP contribution in [0.5, 0.6) is 0 Å². The first-order valence-corrected chi connectivity index (χ1v) is 7.28. The van der Waals surface area contributed by atoms with Gasteiger partial charge in [-0.1, -0.05) is 27.5 Å². The van der Waals surface area contributed by atoms with E-state index in [1.54, 1.807) is 6.07 Å². The smallest absolute Gasteiger partial charge is 0.129 e. The van der Waals surface area contributed by atoms with Crippen LogP contribution in [0, 0.1) is 0 Å². The summed E-state index contributed by atoms with van der Waals surface area (Å²) < 4.78 is 9.39. The molecule has 4 nitrogen and oxygen atoms in total. The summed E-state index contributed by atoms with van der Waals surface area (Å²) in [5.74, 6) is 0. The van der Waals surface area contributed by atoms with E-state index in [1.807, 2.05) is 24.3 Å². The Morgan fingerprint density at radius 2 is 2.05 bits per heavy atom. The first-order valence-electron chi connectivity index (χ1n) is 5.38. The maximum atomic E-state index is 6.22. The number of aromatic nitrogens is 2. The van der Waals surface area contributed by atoms with Crippen molar-refractivity contribution in [3.05, 3.63) is 39.8 Å².